The fraction of sp³-hybridized carbons (Fsp3) is 0. The predicted octanol–water partition coefficient (Wildman–Crippen LogP) is 2.93. The number of nitrogens with two attached hydrogens (primary N) is 1. The lowest BCUT2D eigenvalue weighted by Gasteiger charge is -2.03. The van der Waals surface area contributed by atoms with Gasteiger partial charge in [-0.05, 0) is 42.0 Å². The molecule has 2 aromatic rings. The monoisotopic (exact) mass is 281 g/mol. The summed E-state index contributed by atoms with van der Waals surface area (Å²) < 4.78 is 13.6. The van der Waals surface area contributed by atoms with Gasteiger partial charge in [0.05, 0.1) is 17.3 Å². The minimum Gasteiger partial charge on any atom is -0.399 e. The van der Waals surface area contributed by atoms with Crippen LogP contribution in [-0.2, 0) is 4.79 Å². The molecule has 0 aliphatic heterocycles. The third-order valence-electron chi connectivity index (χ3n) is 2.69. The van der Waals surface area contributed by atoms with E-state index in [-0.39, 0.29) is 11.3 Å². The maximum Gasteiger partial charge on any atom is 0.248 e. The molecule has 21 heavy (non-hydrogen) atoms. The van der Waals surface area contributed by atoms with Crippen molar-refractivity contribution in [2.45, 2.75) is 0 Å². The van der Waals surface area contributed by atoms with Gasteiger partial charge in [0.1, 0.15) is 5.82 Å². The summed E-state index contributed by atoms with van der Waals surface area (Å²) in [5, 5.41) is 11.0. The number of nitrogens with one attached hydrogen (secondary N) is 1. The Labute approximate surface area is 121 Å². The van der Waals surface area contributed by atoms with Gasteiger partial charge >= 0.3 is 0 Å². The molecule has 0 bridgehead atoms. The van der Waals surface area contributed by atoms with Crippen molar-refractivity contribution in [2.24, 2.45) is 0 Å². The number of nitrogens with zero attached hydrogens (tertiary/aromatic N) is 1. The Morgan fingerprint density at radius 1 is 1.29 bits per heavy atom. The van der Waals surface area contributed by atoms with E-state index in [4.69, 9.17) is 11.0 Å². The molecule has 0 aliphatic rings. The summed E-state index contributed by atoms with van der Waals surface area (Å²) in [4.78, 5) is 11.7. The summed E-state index contributed by atoms with van der Waals surface area (Å²) in [5.41, 5.74) is 7.21. The number of hydrogen-bond donors (Lipinski definition) is 2. The van der Waals surface area contributed by atoms with Gasteiger partial charge in [-0.2, -0.15) is 5.26 Å². The van der Waals surface area contributed by atoms with Crippen LogP contribution in [0.3, 0.4) is 0 Å². The van der Waals surface area contributed by atoms with E-state index < -0.39 is 11.7 Å². The Morgan fingerprint density at radius 2 is 2.10 bits per heavy atom. The van der Waals surface area contributed by atoms with Crippen molar-refractivity contribution in [3.63, 3.8) is 0 Å². The molecule has 0 atom stereocenters. The number of halogens is 1. The first-order valence-electron chi connectivity index (χ1n) is 6.13. The molecule has 0 spiro atoms. The van der Waals surface area contributed by atoms with Crippen molar-refractivity contribution in [3.8, 4) is 6.07 Å². The van der Waals surface area contributed by atoms with Crippen LogP contribution in [0.1, 0.15) is 11.1 Å². The zero-order valence-corrected chi connectivity index (χ0v) is 11.0. The average Bonchev–Trinajstić information content (AvgIpc) is 2.47. The first-order chi connectivity index (χ1) is 10.1. The van der Waals surface area contributed by atoms with Crippen molar-refractivity contribution in [3.05, 3.63) is 65.5 Å². The van der Waals surface area contributed by atoms with Crippen LogP contribution in [0.4, 0.5) is 15.8 Å². The van der Waals surface area contributed by atoms with Crippen LogP contribution < -0.4 is 11.1 Å². The highest BCUT2D eigenvalue weighted by atomic mass is 19.1. The Kier molecular flexibility index (Phi) is 4.32. The maximum absolute atomic E-state index is 13.6. The van der Waals surface area contributed by atoms with Gasteiger partial charge in [-0.3, -0.25) is 4.79 Å². The van der Waals surface area contributed by atoms with E-state index in [1.165, 1.54) is 18.2 Å². The fourth-order valence-electron chi connectivity index (χ4n) is 1.70. The number of nitriles is 1. The van der Waals surface area contributed by atoms with Gasteiger partial charge < -0.3 is 11.1 Å². The highest BCUT2D eigenvalue weighted by Crippen LogP contribution is 2.15. The van der Waals surface area contributed by atoms with Crippen molar-refractivity contribution < 1.29 is 9.18 Å². The second-order valence-corrected chi connectivity index (χ2v) is 4.30. The number of anilines is 2. The number of benzene rings is 2. The third kappa shape index (κ3) is 3.91. The SMILES string of the molecule is N#Cc1ccc(NC(=O)/C=C/c2cccc(N)c2)c(F)c1. The Balaban J connectivity index is 2.07. The van der Waals surface area contributed by atoms with Crippen molar-refractivity contribution in [1.82, 2.24) is 0 Å². The van der Waals surface area contributed by atoms with Crippen LogP contribution in [0.25, 0.3) is 6.08 Å². The molecule has 0 aliphatic carbocycles. The van der Waals surface area contributed by atoms with Crippen LogP contribution in [0.15, 0.2) is 48.5 Å². The number of rotatable bonds is 3. The number of amides is 1. The first-order valence-corrected chi connectivity index (χ1v) is 6.13. The molecule has 3 N–H and O–H groups in total. The summed E-state index contributed by atoms with van der Waals surface area (Å²) in [7, 11) is 0. The summed E-state index contributed by atoms with van der Waals surface area (Å²) in [6.07, 6.45) is 2.86. The maximum atomic E-state index is 13.6. The van der Waals surface area contributed by atoms with E-state index in [0.29, 0.717) is 5.69 Å². The van der Waals surface area contributed by atoms with Crippen LogP contribution in [0.2, 0.25) is 0 Å². The minimum absolute atomic E-state index is 0.0243. The molecule has 0 heterocycles. The van der Waals surface area contributed by atoms with Crippen LogP contribution >= 0.6 is 0 Å². The molecule has 0 fully saturated rings. The topological polar surface area (TPSA) is 78.9 Å². The lowest BCUT2D eigenvalue weighted by Crippen LogP contribution is -2.09. The number of carbonyl (C=O) groups excluding carboxylic acids is 1. The zero-order valence-electron chi connectivity index (χ0n) is 11.0. The zero-order chi connectivity index (χ0) is 15.2. The van der Waals surface area contributed by atoms with Crippen molar-refractivity contribution >= 4 is 23.4 Å². The lowest BCUT2D eigenvalue weighted by atomic mass is 10.2. The highest BCUT2D eigenvalue weighted by molar-refractivity contribution is 6.02. The molecule has 2 aromatic carbocycles. The second kappa shape index (κ2) is 6.35. The first kappa shape index (κ1) is 14.3. The van der Waals surface area contributed by atoms with Gasteiger partial charge in [0.2, 0.25) is 5.91 Å². The minimum atomic E-state index is -0.653. The smallest absolute Gasteiger partial charge is 0.248 e. The molecule has 1 amide bonds. The molecule has 2 rings (SSSR count). The van der Waals surface area contributed by atoms with Gasteiger partial charge in [0, 0.05) is 11.8 Å². The molecule has 4 nitrogen and oxygen atoms in total. The summed E-state index contributed by atoms with van der Waals surface area (Å²) >= 11 is 0. The van der Waals surface area contributed by atoms with E-state index >= 15 is 0 Å². The van der Waals surface area contributed by atoms with Crippen molar-refractivity contribution in [2.75, 3.05) is 11.1 Å². The molecule has 0 saturated carbocycles. The van der Waals surface area contributed by atoms with E-state index in [2.05, 4.69) is 5.32 Å². The Bertz CT molecular complexity index is 747. The van der Waals surface area contributed by atoms with Crippen LogP contribution in [0.5, 0.6) is 0 Å². The summed E-state index contributed by atoms with van der Waals surface area (Å²) in [6.45, 7) is 0. The van der Waals surface area contributed by atoms with Crippen molar-refractivity contribution in [1.29, 1.82) is 5.26 Å². The molecular formula is C16H12FN3O. The molecule has 0 unspecified atom stereocenters. The third-order valence-corrected chi connectivity index (χ3v) is 2.69. The molecule has 5 heteroatoms. The summed E-state index contributed by atoms with van der Waals surface area (Å²) in [5.74, 6) is -1.12. The molecule has 0 radical (unpaired) electrons. The van der Waals surface area contributed by atoms with E-state index in [0.717, 1.165) is 11.6 Å². The standard InChI is InChI=1S/C16H12FN3O/c17-14-9-12(10-18)4-6-15(14)20-16(21)7-5-11-2-1-3-13(19)8-11/h1-9H,19H2,(H,20,21)/b7-5+. The number of hydrogen-bond acceptors (Lipinski definition) is 3. The number of carbonyl (C=O) groups is 1. The van der Waals surface area contributed by atoms with E-state index in [9.17, 15) is 9.18 Å². The highest BCUT2D eigenvalue weighted by Gasteiger charge is 2.05. The van der Waals surface area contributed by atoms with E-state index in [1.54, 1.807) is 30.3 Å². The Hall–Kier alpha value is -3.13. The predicted molar refractivity (Wildman–Crippen MR) is 79.6 cm³/mol. The average molecular weight is 281 g/mol. The summed E-state index contributed by atoms with van der Waals surface area (Å²) in [6, 6.07) is 12.7. The van der Waals surface area contributed by atoms with Crippen LogP contribution in [0, 0.1) is 17.1 Å². The molecule has 0 aromatic heterocycles. The van der Waals surface area contributed by atoms with Gasteiger partial charge in [-0.15, -0.1) is 0 Å². The van der Waals surface area contributed by atoms with Gasteiger partial charge in [-0.1, -0.05) is 12.1 Å². The van der Waals surface area contributed by atoms with Gasteiger partial charge in [0.25, 0.3) is 0 Å². The second-order valence-electron chi connectivity index (χ2n) is 4.30. The van der Waals surface area contributed by atoms with Gasteiger partial charge in [-0.25, -0.2) is 4.39 Å². The molecule has 0 saturated heterocycles. The quantitative estimate of drug-likeness (QED) is 0.670. The van der Waals surface area contributed by atoms with Gasteiger partial charge in [0.15, 0.2) is 0 Å². The fourth-order valence-corrected chi connectivity index (χ4v) is 1.70. The Morgan fingerprint density at radius 3 is 2.76 bits per heavy atom. The number of nitrogen functional groups attached to an aromatic ring is 1. The molecule has 104 valence electrons. The van der Waals surface area contributed by atoms with E-state index in [1.807, 2.05) is 6.07 Å². The lowest BCUT2D eigenvalue weighted by molar-refractivity contribution is -0.111. The molecular weight excluding hydrogens is 269 g/mol. The largest absolute Gasteiger partial charge is 0.399 e. The normalized spacial score (nSPS) is 10.3. The van der Waals surface area contributed by atoms with Crippen LogP contribution in [-0.4, -0.2) is 5.91 Å².